The first kappa shape index (κ1) is 33.0. The van der Waals surface area contributed by atoms with E-state index in [0.717, 1.165) is 44.9 Å². The molecule has 0 aliphatic rings. The number of unbranched alkanes of at least 4 members (excludes halogenated alkanes) is 1. The summed E-state index contributed by atoms with van der Waals surface area (Å²) in [6, 6.07) is 4.33. The molecule has 0 saturated carbocycles. The number of hydrogen-bond donors (Lipinski definition) is 4. The van der Waals surface area contributed by atoms with Gasteiger partial charge in [-0.05, 0) is 81.2 Å². The number of carbonyl (C=O) groups excluding carboxylic acids is 2. The zero-order chi connectivity index (χ0) is 28.4. The van der Waals surface area contributed by atoms with E-state index in [1.807, 2.05) is 12.2 Å². The number of rotatable bonds is 19. The molecule has 39 heavy (non-hydrogen) atoms. The summed E-state index contributed by atoms with van der Waals surface area (Å²) in [6.07, 6.45) is 35.0. The predicted molar refractivity (Wildman–Crippen MR) is 162 cm³/mol. The lowest BCUT2D eigenvalue weighted by Crippen LogP contribution is -2.25. The molecule has 0 aliphatic heterocycles. The Labute approximate surface area is 233 Å². The van der Waals surface area contributed by atoms with Crippen LogP contribution in [0.2, 0.25) is 0 Å². The number of carbonyl (C=O) groups is 2. The Balaban J connectivity index is 2.01. The number of amides is 2. The molecule has 0 fully saturated rings. The molecule has 0 aromatic heterocycles. The van der Waals surface area contributed by atoms with E-state index in [-0.39, 0.29) is 23.3 Å². The van der Waals surface area contributed by atoms with Gasteiger partial charge < -0.3 is 20.8 Å². The van der Waals surface area contributed by atoms with Crippen molar-refractivity contribution < 1.29 is 19.8 Å². The number of phenolic OH excluding ortho intramolecular Hbond substituents is 2. The molecule has 6 nitrogen and oxygen atoms in total. The minimum Gasteiger partial charge on any atom is -0.504 e. The molecule has 0 heterocycles. The maximum absolute atomic E-state index is 11.9. The van der Waals surface area contributed by atoms with Gasteiger partial charge in [-0.3, -0.25) is 9.59 Å². The van der Waals surface area contributed by atoms with Gasteiger partial charge >= 0.3 is 0 Å². The van der Waals surface area contributed by atoms with Gasteiger partial charge in [0.05, 0.1) is 0 Å². The Morgan fingerprint density at radius 3 is 1.59 bits per heavy atom. The molecule has 0 atom stereocenters. The Morgan fingerprint density at radius 1 is 0.641 bits per heavy atom. The quantitative estimate of drug-likeness (QED) is 0.0680. The van der Waals surface area contributed by atoms with Crippen LogP contribution in [0.4, 0.5) is 0 Å². The molecular formula is C33H44N2O4. The predicted octanol–water partition coefficient (Wildman–Crippen LogP) is 6.82. The first-order valence-electron chi connectivity index (χ1n) is 13.7. The number of allylic oxidation sites excluding steroid dienone is 11. The van der Waals surface area contributed by atoms with Crippen LogP contribution in [0.15, 0.2) is 97.2 Å². The van der Waals surface area contributed by atoms with Crippen molar-refractivity contribution in [2.75, 3.05) is 13.1 Å². The van der Waals surface area contributed by atoms with Gasteiger partial charge in [0, 0.05) is 19.2 Å². The first-order valence-corrected chi connectivity index (χ1v) is 13.7. The van der Waals surface area contributed by atoms with E-state index < -0.39 is 0 Å². The van der Waals surface area contributed by atoms with Crippen molar-refractivity contribution in [3.05, 3.63) is 103 Å². The van der Waals surface area contributed by atoms with Crippen LogP contribution in [-0.4, -0.2) is 35.1 Å². The maximum Gasteiger partial charge on any atom is 0.243 e. The van der Waals surface area contributed by atoms with Gasteiger partial charge in [-0.2, -0.15) is 0 Å². The summed E-state index contributed by atoms with van der Waals surface area (Å²) in [5.74, 6) is -0.802. The summed E-state index contributed by atoms with van der Waals surface area (Å²) >= 11 is 0. The van der Waals surface area contributed by atoms with Crippen molar-refractivity contribution >= 4 is 17.9 Å². The molecule has 6 heteroatoms. The van der Waals surface area contributed by atoms with Gasteiger partial charge in [0.1, 0.15) is 0 Å². The molecule has 0 saturated heterocycles. The van der Waals surface area contributed by atoms with Gasteiger partial charge in [-0.25, -0.2) is 0 Å². The van der Waals surface area contributed by atoms with E-state index in [2.05, 4.69) is 72.2 Å². The lowest BCUT2D eigenvalue weighted by molar-refractivity contribution is -0.117. The summed E-state index contributed by atoms with van der Waals surface area (Å²) < 4.78 is 0. The van der Waals surface area contributed by atoms with Gasteiger partial charge in [0.25, 0.3) is 0 Å². The van der Waals surface area contributed by atoms with Crippen LogP contribution in [0.5, 0.6) is 11.5 Å². The van der Waals surface area contributed by atoms with E-state index in [1.54, 1.807) is 18.2 Å². The lowest BCUT2D eigenvalue weighted by Gasteiger charge is -2.04. The molecule has 210 valence electrons. The molecule has 0 radical (unpaired) electrons. The number of phenols is 2. The molecule has 0 unspecified atom stereocenters. The summed E-state index contributed by atoms with van der Waals surface area (Å²) in [7, 11) is 0. The molecule has 1 aromatic carbocycles. The monoisotopic (exact) mass is 532 g/mol. The summed E-state index contributed by atoms with van der Waals surface area (Å²) in [5, 5.41) is 24.4. The second-order valence-electron chi connectivity index (χ2n) is 8.72. The minimum absolute atomic E-state index is 0.119. The third-order valence-corrected chi connectivity index (χ3v) is 5.33. The number of aromatic hydroxyl groups is 2. The highest BCUT2D eigenvalue weighted by Crippen LogP contribution is 2.25. The summed E-state index contributed by atoms with van der Waals surface area (Å²) in [4.78, 5) is 23.7. The second kappa shape index (κ2) is 23.1. The molecular weight excluding hydrogens is 488 g/mol. The van der Waals surface area contributed by atoms with Gasteiger partial charge in [-0.1, -0.05) is 79.8 Å². The van der Waals surface area contributed by atoms with Crippen molar-refractivity contribution in [1.82, 2.24) is 10.6 Å². The summed E-state index contributed by atoms with van der Waals surface area (Å²) in [5.41, 5.74) is 0.609. The van der Waals surface area contributed by atoms with Crippen molar-refractivity contribution in [2.45, 2.75) is 58.3 Å². The molecule has 4 N–H and O–H groups in total. The van der Waals surface area contributed by atoms with Crippen molar-refractivity contribution in [3.63, 3.8) is 0 Å². The molecule has 0 spiro atoms. The maximum atomic E-state index is 11.9. The van der Waals surface area contributed by atoms with Crippen LogP contribution in [0, 0.1) is 0 Å². The molecule has 0 aliphatic carbocycles. The fourth-order valence-electron chi connectivity index (χ4n) is 3.21. The smallest absolute Gasteiger partial charge is 0.243 e. The van der Waals surface area contributed by atoms with Gasteiger partial charge in [0.2, 0.25) is 11.8 Å². The first-order chi connectivity index (χ1) is 19.0. The number of hydrogen-bond acceptors (Lipinski definition) is 4. The largest absolute Gasteiger partial charge is 0.504 e. The standard InChI is InChI=1S/C33H44N2O4/c1-2-3-4-5-6-7-8-9-10-11-12-13-14-15-16-17-18-21-32(38)34-26-19-20-27-35-33(39)25-23-29-22-24-30(36)31(37)28-29/h3-4,6-7,9-10,12-13,15-16,18,21-25,28,36-37H,2,5,8,11,14,17,19-20,26-27H2,1H3,(H,34,38)(H,35,39)/b4-3-,7-6-,10-9-,13-12-,16-15-,21-18+,25-23+. The van der Waals surface area contributed by atoms with Crippen LogP contribution in [0.25, 0.3) is 6.08 Å². The average Bonchev–Trinajstić information content (AvgIpc) is 2.93. The minimum atomic E-state index is -0.246. The van der Waals surface area contributed by atoms with E-state index >= 15 is 0 Å². The van der Waals surface area contributed by atoms with Crippen LogP contribution in [0.3, 0.4) is 0 Å². The van der Waals surface area contributed by atoms with E-state index in [9.17, 15) is 19.8 Å². The van der Waals surface area contributed by atoms with Crippen LogP contribution >= 0.6 is 0 Å². The topological polar surface area (TPSA) is 98.7 Å². The third-order valence-electron chi connectivity index (χ3n) is 5.33. The van der Waals surface area contributed by atoms with Crippen LogP contribution < -0.4 is 10.6 Å². The SMILES string of the molecule is CC/C=C\C/C=C\C/C=C\C/C=C\C/C=C\C/C=C/C(=O)NCCCCNC(=O)/C=C/c1ccc(O)c(O)c1. The molecule has 1 rings (SSSR count). The second-order valence-corrected chi connectivity index (χ2v) is 8.72. The van der Waals surface area contributed by atoms with E-state index in [4.69, 9.17) is 0 Å². The Kier molecular flexibility index (Phi) is 19.5. The Morgan fingerprint density at radius 2 is 1.10 bits per heavy atom. The molecule has 1 aromatic rings. The molecule has 2 amide bonds. The number of benzene rings is 1. The normalized spacial score (nSPS) is 12.4. The van der Waals surface area contributed by atoms with Gasteiger partial charge in [-0.15, -0.1) is 0 Å². The zero-order valence-corrected chi connectivity index (χ0v) is 23.1. The van der Waals surface area contributed by atoms with Crippen molar-refractivity contribution in [1.29, 1.82) is 0 Å². The Bertz CT molecular complexity index is 1050. The number of nitrogens with one attached hydrogen (secondary N) is 2. The van der Waals surface area contributed by atoms with Crippen LogP contribution in [-0.2, 0) is 9.59 Å². The van der Waals surface area contributed by atoms with Gasteiger partial charge in [0.15, 0.2) is 11.5 Å². The third kappa shape index (κ3) is 19.7. The molecule has 0 bridgehead atoms. The van der Waals surface area contributed by atoms with E-state index in [1.165, 1.54) is 18.2 Å². The lowest BCUT2D eigenvalue weighted by atomic mass is 10.2. The van der Waals surface area contributed by atoms with Crippen LogP contribution in [0.1, 0.15) is 63.9 Å². The fraction of sp³-hybridized carbons (Fsp3) is 0.333. The highest BCUT2D eigenvalue weighted by atomic mass is 16.3. The Hall–Kier alpha value is -4.06. The average molecular weight is 533 g/mol. The van der Waals surface area contributed by atoms with Crippen molar-refractivity contribution in [2.24, 2.45) is 0 Å². The highest BCUT2D eigenvalue weighted by molar-refractivity contribution is 5.91. The fourth-order valence-corrected chi connectivity index (χ4v) is 3.21. The van der Waals surface area contributed by atoms with Crippen molar-refractivity contribution in [3.8, 4) is 11.5 Å². The highest BCUT2D eigenvalue weighted by Gasteiger charge is 2.00. The summed E-state index contributed by atoms with van der Waals surface area (Å²) in [6.45, 7) is 3.19. The van der Waals surface area contributed by atoms with E-state index in [0.29, 0.717) is 25.1 Å². The zero-order valence-electron chi connectivity index (χ0n) is 23.1.